The van der Waals surface area contributed by atoms with Crippen LogP contribution in [0.15, 0.2) is 66.7 Å². The Labute approximate surface area is 245 Å². The second-order valence-electron chi connectivity index (χ2n) is 10.4. The largest absolute Gasteiger partial charge is 0.486 e. The van der Waals surface area contributed by atoms with Crippen LogP contribution in [0.2, 0.25) is 10.0 Å². The van der Waals surface area contributed by atoms with Crippen LogP contribution in [0, 0.1) is 0 Å². The third-order valence-electron chi connectivity index (χ3n) is 7.56. The van der Waals surface area contributed by atoms with E-state index in [1.54, 1.807) is 17.0 Å². The van der Waals surface area contributed by atoms with E-state index in [1.165, 1.54) is 0 Å². The first-order chi connectivity index (χ1) is 19.5. The predicted molar refractivity (Wildman–Crippen MR) is 157 cm³/mol. The molecule has 2 amide bonds. The van der Waals surface area contributed by atoms with Crippen molar-refractivity contribution in [3.63, 3.8) is 0 Å². The summed E-state index contributed by atoms with van der Waals surface area (Å²) in [5.41, 5.74) is 2.70. The van der Waals surface area contributed by atoms with Gasteiger partial charge in [0.1, 0.15) is 19.3 Å². The van der Waals surface area contributed by atoms with E-state index < -0.39 is 6.04 Å². The lowest BCUT2D eigenvalue weighted by Gasteiger charge is -2.33. The molecule has 3 aromatic carbocycles. The molecule has 0 radical (unpaired) electrons. The summed E-state index contributed by atoms with van der Waals surface area (Å²) in [5, 5.41) is 4.22. The Morgan fingerprint density at radius 2 is 1.65 bits per heavy atom. The van der Waals surface area contributed by atoms with E-state index in [4.69, 9.17) is 32.7 Å². The van der Waals surface area contributed by atoms with Crippen LogP contribution in [0.4, 0.5) is 0 Å². The molecule has 1 fully saturated rings. The topological polar surface area (TPSA) is 67.9 Å². The number of hydrogen-bond donors (Lipinski definition) is 1. The van der Waals surface area contributed by atoms with Crippen molar-refractivity contribution in [2.45, 2.75) is 63.6 Å². The standard InChI is InChI=1S/C32H34Cl2N2O4/c33-25-13-12-24(27(34)20-25)21-36(31(37)15-11-23-10-14-29-30(19-23)40-17-16-39-29)28(18-22-6-2-1-3-7-22)32(38)35-26-8-4-5-9-26/h1-3,6-7,10,12-14,19-20,26,28H,4-5,8-9,11,15-18,21H2,(H,35,38). The number of benzene rings is 3. The van der Waals surface area contributed by atoms with Gasteiger partial charge in [0.15, 0.2) is 11.5 Å². The zero-order valence-electron chi connectivity index (χ0n) is 22.4. The van der Waals surface area contributed by atoms with Gasteiger partial charge in [0.2, 0.25) is 11.8 Å². The Balaban J connectivity index is 1.41. The fourth-order valence-electron chi connectivity index (χ4n) is 5.39. The summed E-state index contributed by atoms with van der Waals surface area (Å²) in [5.74, 6) is 1.16. The number of rotatable bonds is 10. The fraction of sp³-hybridized carbons (Fsp3) is 0.375. The molecule has 40 heavy (non-hydrogen) atoms. The first kappa shape index (κ1) is 28.3. The number of carbonyl (C=O) groups is 2. The second kappa shape index (κ2) is 13.4. The maximum absolute atomic E-state index is 14.0. The maximum atomic E-state index is 14.0. The minimum atomic E-state index is -0.692. The van der Waals surface area contributed by atoms with Crippen molar-refractivity contribution in [2.24, 2.45) is 0 Å². The van der Waals surface area contributed by atoms with Crippen LogP contribution in [-0.4, -0.2) is 42.0 Å². The second-order valence-corrected chi connectivity index (χ2v) is 11.3. The number of nitrogens with zero attached hydrogens (tertiary/aromatic N) is 1. The van der Waals surface area contributed by atoms with Crippen LogP contribution in [-0.2, 0) is 29.0 Å². The monoisotopic (exact) mass is 580 g/mol. The quantitative estimate of drug-likeness (QED) is 0.301. The molecule has 1 aliphatic carbocycles. The Morgan fingerprint density at radius 1 is 0.900 bits per heavy atom. The number of amides is 2. The molecule has 1 heterocycles. The highest BCUT2D eigenvalue weighted by molar-refractivity contribution is 6.35. The number of ether oxygens (including phenoxy) is 2. The molecular formula is C32H34Cl2N2O4. The molecule has 1 atom stereocenters. The number of hydrogen-bond acceptors (Lipinski definition) is 4. The van der Waals surface area contributed by atoms with E-state index in [0.717, 1.165) is 42.4 Å². The molecule has 1 N–H and O–H groups in total. The summed E-state index contributed by atoms with van der Waals surface area (Å²) in [6, 6.07) is 20.3. The normalized spacial score (nSPS) is 15.4. The van der Waals surface area contributed by atoms with E-state index >= 15 is 0 Å². The van der Waals surface area contributed by atoms with Crippen molar-refractivity contribution in [1.29, 1.82) is 0 Å². The van der Waals surface area contributed by atoms with Crippen molar-refractivity contribution in [3.8, 4) is 11.5 Å². The van der Waals surface area contributed by atoms with Crippen molar-refractivity contribution in [2.75, 3.05) is 13.2 Å². The highest BCUT2D eigenvalue weighted by Gasteiger charge is 2.32. The molecule has 210 valence electrons. The first-order valence-electron chi connectivity index (χ1n) is 13.9. The van der Waals surface area contributed by atoms with Gasteiger partial charge in [0, 0.05) is 35.5 Å². The highest BCUT2D eigenvalue weighted by atomic mass is 35.5. The lowest BCUT2D eigenvalue weighted by molar-refractivity contribution is -0.141. The third-order valence-corrected chi connectivity index (χ3v) is 8.15. The van der Waals surface area contributed by atoms with Crippen LogP contribution in [0.1, 0.15) is 48.8 Å². The number of aryl methyl sites for hydroxylation is 1. The smallest absolute Gasteiger partial charge is 0.243 e. The van der Waals surface area contributed by atoms with Gasteiger partial charge in [-0.15, -0.1) is 0 Å². The van der Waals surface area contributed by atoms with Crippen molar-refractivity contribution in [3.05, 3.63) is 93.5 Å². The number of nitrogens with one attached hydrogen (secondary N) is 1. The van der Waals surface area contributed by atoms with E-state index in [1.807, 2.05) is 54.6 Å². The minimum absolute atomic E-state index is 0.122. The third kappa shape index (κ3) is 7.29. The average molecular weight is 582 g/mol. The van der Waals surface area contributed by atoms with Gasteiger partial charge in [0.05, 0.1) is 0 Å². The lowest BCUT2D eigenvalue weighted by atomic mass is 10.0. The van der Waals surface area contributed by atoms with Crippen molar-refractivity contribution < 1.29 is 19.1 Å². The Morgan fingerprint density at radius 3 is 2.40 bits per heavy atom. The van der Waals surface area contributed by atoms with Gasteiger partial charge < -0.3 is 19.7 Å². The number of carbonyl (C=O) groups excluding carboxylic acids is 2. The first-order valence-corrected chi connectivity index (χ1v) is 14.7. The Hall–Kier alpha value is -3.22. The molecule has 1 unspecified atom stereocenters. The molecule has 0 spiro atoms. The van der Waals surface area contributed by atoms with Gasteiger partial charge in [0.25, 0.3) is 0 Å². The summed E-state index contributed by atoms with van der Waals surface area (Å²) in [7, 11) is 0. The summed E-state index contributed by atoms with van der Waals surface area (Å²) in [6.45, 7) is 1.23. The van der Waals surface area contributed by atoms with E-state index in [-0.39, 0.29) is 30.8 Å². The van der Waals surface area contributed by atoms with Crippen LogP contribution in [0.25, 0.3) is 0 Å². The number of fused-ring (bicyclic) bond motifs is 1. The van der Waals surface area contributed by atoms with Crippen molar-refractivity contribution in [1.82, 2.24) is 10.2 Å². The lowest BCUT2D eigenvalue weighted by Crippen LogP contribution is -2.52. The zero-order valence-corrected chi connectivity index (χ0v) is 23.9. The summed E-state index contributed by atoms with van der Waals surface area (Å²) in [4.78, 5) is 29.5. The summed E-state index contributed by atoms with van der Waals surface area (Å²) in [6.07, 6.45) is 5.27. The van der Waals surface area contributed by atoms with Crippen LogP contribution in [0.5, 0.6) is 11.5 Å². The Kier molecular flexibility index (Phi) is 9.50. The molecule has 1 saturated carbocycles. The van der Waals surface area contributed by atoms with Gasteiger partial charge >= 0.3 is 0 Å². The van der Waals surface area contributed by atoms with Gasteiger partial charge in [-0.2, -0.15) is 0 Å². The molecule has 1 aliphatic heterocycles. The average Bonchev–Trinajstić information content (AvgIpc) is 3.48. The van der Waals surface area contributed by atoms with Gasteiger partial charge in [-0.25, -0.2) is 0 Å². The molecule has 2 aliphatic rings. The fourth-order valence-corrected chi connectivity index (χ4v) is 5.86. The van der Waals surface area contributed by atoms with Crippen LogP contribution in [0.3, 0.4) is 0 Å². The summed E-state index contributed by atoms with van der Waals surface area (Å²) < 4.78 is 11.4. The molecule has 3 aromatic rings. The van der Waals surface area contributed by atoms with Crippen LogP contribution >= 0.6 is 23.2 Å². The molecule has 0 saturated heterocycles. The summed E-state index contributed by atoms with van der Waals surface area (Å²) >= 11 is 12.7. The van der Waals surface area contributed by atoms with E-state index in [0.29, 0.717) is 47.6 Å². The SMILES string of the molecule is O=C(NC1CCCC1)C(Cc1ccccc1)N(Cc1ccc(Cl)cc1Cl)C(=O)CCc1ccc2c(c1)OCCO2. The number of halogens is 2. The highest BCUT2D eigenvalue weighted by Crippen LogP contribution is 2.31. The molecule has 5 rings (SSSR count). The molecular weight excluding hydrogens is 547 g/mol. The van der Waals surface area contributed by atoms with Crippen LogP contribution < -0.4 is 14.8 Å². The zero-order chi connectivity index (χ0) is 27.9. The molecule has 0 bridgehead atoms. The van der Waals surface area contributed by atoms with Crippen molar-refractivity contribution >= 4 is 35.0 Å². The van der Waals surface area contributed by atoms with Gasteiger partial charge in [-0.1, -0.05) is 78.5 Å². The van der Waals surface area contributed by atoms with E-state index in [9.17, 15) is 9.59 Å². The molecule has 0 aromatic heterocycles. The predicted octanol–water partition coefficient (Wildman–Crippen LogP) is 6.40. The molecule has 8 heteroatoms. The van der Waals surface area contributed by atoms with Gasteiger partial charge in [-0.3, -0.25) is 9.59 Å². The maximum Gasteiger partial charge on any atom is 0.243 e. The van der Waals surface area contributed by atoms with Gasteiger partial charge in [-0.05, 0) is 60.2 Å². The minimum Gasteiger partial charge on any atom is -0.486 e. The van der Waals surface area contributed by atoms with E-state index in [2.05, 4.69) is 5.32 Å². The molecule has 6 nitrogen and oxygen atoms in total. The Bertz CT molecular complexity index is 1330.